The first-order valence-corrected chi connectivity index (χ1v) is 10.5. The van der Waals surface area contributed by atoms with E-state index in [9.17, 15) is 0 Å². The third-order valence-electron chi connectivity index (χ3n) is 6.19. The third-order valence-corrected chi connectivity index (χ3v) is 6.43. The van der Waals surface area contributed by atoms with Gasteiger partial charge in [-0.3, -0.25) is 4.90 Å². The molecule has 3 aromatic rings. The molecule has 3 aromatic carbocycles. The van der Waals surface area contributed by atoms with Gasteiger partial charge in [0.15, 0.2) is 0 Å². The van der Waals surface area contributed by atoms with Gasteiger partial charge in [-0.1, -0.05) is 35.9 Å². The van der Waals surface area contributed by atoms with E-state index >= 15 is 0 Å². The van der Waals surface area contributed by atoms with Gasteiger partial charge < -0.3 is 14.2 Å². The Hall–Kier alpha value is -2.69. The summed E-state index contributed by atoms with van der Waals surface area (Å²) in [4.78, 5) is 2.49. The number of methoxy groups -OCH3 is 2. The molecule has 2 atom stereocenters. The Morgan fingerprint density at radius 2 is 1.67 bits per heavy atom. The lowest BCUT2D eigenvalue weighted by Gasteiger charge is -2.19. The highest BCUT2D eigenvalue weighted by Gasteiger charge is 2.40. The molecule has 0 amide bonds. The second-order valence-corrected chi connectivity index (χ2v) is 8.34. The molecular weight excluding hydrogens is 398 g/mol. The second kappa shape index (κ2) is 7.86. The Kier molecular flexibility index (Phi) is 5.05. The van der Waals surface area contributed by atoms with Crippen molar-refractivity contribution in [2.24, 2.45) is 0 Å². The first-order chi connectivity index (χ1) is 14.7. The van der Waals surface area contributed by atoms with Crippen LogP contribution in [0.1, 0.15) is 28.5 Å². The van der Waals surface area contributed by atoms with Crippen LogP contribution in [-0.4, -0.2) is 32.2 Å². The van der Waals surface area contributed by atoms with Gasteiger partial charge in [0.1, 0.15) is 23.0 Å². The molecule has 0 bridgehead atoms. The van der Waals surface area contributed by atoms with Crippen molar-refractivity contribution >= 4 is 11.6 Å². The molecule has 5 heteroatoms. The third kappa shape index (κ3) is 3.40. The van der Waals surface area contributed by atoms with E-state index < -0.39 is 0 Å². The molecule has 30 heavy (non-hydrogen) atoms. The summed E-state index contributed by atoms with van der Waals surface area (Å²) in [6.45, 7) is 2.70. The lowest BCUT2D eigenvalue weighted by atomic mass is 9.84. The molecule has 2 aliphatic rings. The van der Waals surface area contributed by atoms with E-state index in [4.69, 9.17) is 25.8 Å². The number of ether oxygens (including phenoxy) is 3. The van der Waals surface area contributed by atoms with Crippen molar-refractivity contribution in [3.05, 3.63) is 82.4 Å². The molecular formula is C25H24ClNO3. The summed E-state index contributed by atoms with van der Waals surface area (Å²) in [6.07, 6.45) is 0. The van der Waals surface area contributed by atoms with Crippen LogP contribution in [0.4, 0.5) is 0 Å². The molecule has 154 valence electrons. The van der Waals surface area contributed by atoms with Gasteiger partial charge in [0.05, 0.1) is 14.2 Å². The number of para-hydroxylation sites is 1. The van der Waals surface area contributed by atoms with E-state index in [0.717, 1.165) is 53.2 Å². The zero-order chi connectivity index (χ0) is 20.7. The number of halogens is 1. The Morgan fingerprint density at radius 1 is 0.900 bits per heavy atom. The molecule has 0 aromatic heterocycles. The Bertz CT molecular complexity index is 1080. The minimum Gasteiger partial charge on any atom is -0.497 e. The lowest BCUT2D eigenvalue weighted by molar-refractivity contribution is 0.311. The van der Waals surface area contributed by atoms with Crippen molar-refractivity contribution in [2.75, 3.05) is 27.3 Å². The van der Waals surface area contributed by atoms with Gasteiger partial charge >= 0.3 is 0 Å². The standard InChI is InChI=1S/C25H24ClNO3/c1-28-18-9-7-16(25(12-18)29-2)13-27-14-21-19-5-3-4-6-23(19)30-24-10-8-17(26)11-20(24)22(21)15-27/h3-12,21-22H,13-15H2,1-2H3/t21-,22?/m1/s1. The minimum atomic E-state index is 0.326. The molecule has 0 saturated carbocycles. The second-order valence-electron chi connectivity index (χ2n) is 7.91. The van der Waals surface area contributed by atoms with Crippen molar-refractivity contribution in [3.8, 4) is 23.0 Å². The number of hydrogen-bond acceptors (Lipinski definition) is 4. The zero-order valence-corrected chi connectivity index (χ0v) is 17.9. The number of likely N-dealkylation sites (tertiary alicyclic amines) is 1. The van der Waals surface area contributed by atoms with Crippen LogP contribution in [0.15, 0.2) is 60.7 Å². The molecule has 1 fully saturated rings. The molecule has 2 aliphatic heterocycles. The molecule has 0 aliphatic carbocycles. The maximum absolute atomic E-state index is 6.37. The molecule has 0 spiro atoms. The summed E-state index contributed by atoms with van der Waals surface area (Å²) in [5.74, 6) is 4.18. The fourth-order valence-corrected chi connectivity index (χ4v) is 4.95. The molecule has 0 radical (unpaired) electrons. The van der Waals surface area contributed by atoms with Gasteiger partial charge in [0.2, 0.25) is 0 Å². The number of rotatable bonds is 4. The topological polar surface area (TPSA) is 30.9 Å². The van der Waals surface area contributed by atoms with Gasteiger partial charge in [0, 0.05) is 53.7 Å². The zero-order valence-electron chi connectivity index (χ0n) is 17.1. The highest BCUT2D eigenvalue weighted by Crippen LogP contribution is 2.50. The average Bonchev–Trinajstić information content (AvgIpc) is 3.14. The van der Waals surface area contributed by atoms with E-state index in [1.807, 2.05) is 30.3 Å². The largest absolute Gasteiger partial charge is 0.497 e. The van der Waals surface area contributed by atoms with E-state index in [1.165, 1.54) is 11.1 Å². The normalized spacial score (nSPS) is 19.8. The predicted octanol–water partition coefficient (Wildman–Crippen LogP) is 5.85. The number of fused-ring (bicyclic) bond motifs is 5. The van der Waals surface area contributed by atoms with Crippen LogP contribution in [-0.2, 0) is 6.54 Å². The molecule has 1 unspecified atom stereocenters. The summed E-state index contributed by atoms with van der Waals surface area (Å²) in [5.41, 5.74) is 3.61. The smallest absolute Gasteiger partial charge is 0.131 e. The van der Waals surface area contributed by atoms with Crippen LogP contribution in [0, 0.1) is 0 Å². The SMILES string of the molecule is COc1ccc(CN2CC3c4cc(Cl)ccc4Oc4ccccc4[C@H]3C2)c(OC)c1. The lowest BCUT2D eigenvalue weighted by Crippen LogP contribution is -2.21. The number of nitrogens with zero attached hydrogens (tertiary/aromatic N) is 1. The fourth-order valence-electron chi connectivity index (χ4n) is 4.77. The van der Waals surface area contributed by atoms with Gasteiger partial charge in [-0.2, -0.15) is 0 Å². The molecule has 5 rings (SSSR count). The van der Waals surface area contributed by atoms with E-state index in [2.05, 4.69) is 35.2 Å². The number of benzene rings is 3. The highest BCUT2D eigenvalue weighted by atomic mass is 35.5. The van der Waals surface area contributed by atoms with Crippen molar-refractivity contribution in [3.63, 3.8) is 0 Å². The van der Waals surface area contributed by atoms with Crippen LogP contribution in [0.2, 0.25) is 5.02 Å². The van der Waals surface area contributed by atoms with E-state index in [-0.39, 0.29) is 0 Å². The first-order valence-electron chi connectivity index (χ1n) is 10.2. The van der Waals surface area contributed by atoms with Gasteiger partial charge in [-0.05, 0) is 35.9 Å². The first kappa shape index (κ1) is 19.3. The van der Waals surface area contributed by atoms with Crippen molar-refractivity contribution < 1.29 is 14.2 Å². The quantitative estimate of drug-likeness (QED) is 0.529. The Morgan fingerprint density at radius 3 is 2.47 bits per heavy atom. The fraction of sp³-hybridized carbons (Fsp3) is 0.280. The van der Waals surface area contributed by atoms with Gasteiger partial charge in [-0.15, -0.1) is 0 Å². The molecule has 0 N–H and O–H groups in total. The average molecular weight is 422 g/mol. The minimum absolute atomic E-state index is 0.326. The summed E-state index contributed by atoms with van der Waals surface area (Å²) in [7, 11) is 3.38. The van der Waals surface area contributed by atoms with Crippen LogP contribution in [0.25, 0.3) is 0 Å². The Labute approximate surface area is 181 Å². The summed E-state index contributed by atoms with van der Waals surface area (Å²) in [6, 6.07) is 20.4. The van der Waals surface area contributed by atoms with Crippen molar-refractivity contribution in [1.82, 2.24) is 4.90 Å². The monoisotopic (exact) mass is 421 g/mol. The molecule has 1 saturated heterocycles. The van der Waals surface area contributed by atoms with Crippen LogP contribution < -0.4 is 14.2 Å². The molecule has 4 nitrogen and oxygen atoms in total. The van der Waals surface area contributed by atoms with Gasteiger partial charge in [0.25, 0.3) is 0 Å². The van der Waals surface area contributed by atoms with E-state index in [0.29, 0.717) is 11.8 Å². The maximum Gasteiger partial charge on any atom is 0.131 e. The summed E-state index contributed by atoms with van der Waals surface area (Å²) in [5, 5.41) is 0.748. The number of hydrogen-bond donors (Lipinski definition) is 0. The highest BCUT2D eigenvalue weighted by molar-refractivity contribution is 6.30. The van der Waals surface area contributed by atoms with Crippen molar-refractivity contribution in [1.29, 1.82) is 0 Å². The van der Waals surface area contributed by atoms with Crippen LogP contribution >= 0.6 is 11.6 Å². The molecule has 2 heterocycles. The van der Waals surface area contributed by atoms with Crippen molar-refractivity contribution in [2.45, 2.75) is 18.4 Å². The van der Waals surface area contributed by atoms with Crippen LogP contribution in [0.3, 0.4) is 0 Å². The summed E-state index contributed by atoms with van der Waals surface area (Å²) < 4.78 is 17.3. The predicted molar refractivity (Wildman–Crippen MR) is 118 cm³/mol. The van der Waals surface area contributed by atoms with E-state index in [1.54, 1.807) is 14.2 Å². The summed E-state index contributed by atoms with van der Waals surface area (Å²) >= 11 is 6.37. The van der Waals surface area contributed by atoms with Crippen LogP contribution in [0.5, 0.6) is 23.0 Å². The Balaban J connectivity index is 1.50. The maximum atomic E-state index is 6.37. The van der Waals surface area contributed by atoms with Gasteiger partial charge in [-0.25, -0.2) is 0 Å².